The van der Waals surface area contributed by atoms with Crippen LogP contribution in [0.5, 0.6) is 0 Å². The van der Waals surface area contributed by atoms with Gasteiger partial charge < -0.3 is 16.2 Å². The molecule has 1 unspecified atom stereocenters. The molecular formula is C12H18FN3O. The lowest BCUT2D eigenvalue weighted by atomic mass is 9.99. The van der Waals surface area contributed by atoms with Crippen molar-refractivity contribution in [1.82, 2.24) is 4.98 Å². The zero-order chi connectivity index (χ0) is 12.7. The number of halogens is 1. The molecule has 1 rings (SSSR count). The second-order valence-corrected chi connectivity index (χ2v) is 3.82. The normalized spacial score (nSPS) is 15.4. The topological polar surface area (TPSA) is 71.2 Å². The number of aliphatic hydroxyl groups excluding tert-OH is 1. The van der Waals surface area contributed by atoms with Crippen molar-refractivity contribution in [2.75, 3.05) is 5.32 Å². The fraction of sp³-hybridized carbons (Fsp3) is 0.417. The molecule has 4 N–H and O–H groups in total. The van der Waals surface area contributed by atoms with Gasteiger partial charge in [-0.15, -0.1) is 0 Å². The SMILES string of the molecule is CC[C@H](C/C(F)=C\N)C(O)Nc1cccnc1. The van der Waals surface area contributed by atoms with Gasteiger partial charge in [-0.3, -0.25) is 4.98 Å². The number of hydrogen-bond acceptors (Lipinski definition) is 4. The molecule has 17 heavy (non-hydrogen) atoms. The largest absolute Gasteiger partial charge is 0.403 e. The smallest absolute Gasteiger partial charge is 0.127 e. The second-order valence-electron chi connectivity index (χ2n) is 3.82. The Bertz CT molecular complexity index is 356. The first kappa shape index (κ1) is 13.4. The highest BCUT2D eigenvalue weighted by Gasteiger charge is 2.18. The lowest BCUT2D eigenvalue weighted by molar-refractivity contribution is 0.127. The van der Waals surface area contributed by atoms with Crippen molar-refractivity contribution < 1.29 is 9.50 Å². The number of rotatable bonds is 6. The van der Waals surface area contributed by atoms with Crippen LogP contribution in [0.25, 0.3) is 0 Å². The molecule has 2 atom stereocenters. The van der Waals surface area contributed by atoms with Crippen LogP contribution in [0.2, 0.25) is 0 Å². The van der Waals surface area contributed by atoms with Crippen LogP contribution in [-0.2, 0) is 0 Å². The van der Waals surface area contributed by atoms with Gasteiger partial charge in [-0.1, -0.05) is 6.92 Å². The average Bonchev–Trinajstić information content (AvgIpc) is 2.36. The third-order valence-corrected chi connectivity index (χ3v) is 2.59. The van der Waals surface area contributed by atoms with Crippen LogP contribution in [0.15, 0.2) is 36.6 Å². The summed E-state index contributed by atoms with van der Waals surface area (Å²) in [5.41, 5.74) is 5.78. The van der Waals surface area contributed by atoms with E-state index in [1.54, 1.807) is 24.5 Å². The molecule has 1 aromatic rings. The van der Waals surface area contributed by atoms with Gasteiger partial charge in [-0.05, 0) is 18.6 Å². The Labute approximate surface area is 100 Å². The summed E-state index contributed by atoms with van der Waals surface area (Å²) in [6.07, 6.45) is 4.13. The number of hydrogen-bond donors (Lipinski definition) is 3. The Hall–Kier alpha value is -1.62. The quantitative estimate of drug-likeness (QED) is 0.664. The Morgan fingerprint density at radius 3 is 3.00 bits per heavy atom. The summed E-state index contributed by atoms with van der Waals surface area (Å²) in [7, 11) is 0. The van der Waals surface area contributed by atoms with Crippen LogP contribution in [0, 0.1) is 5.92 Å². The van der Waals surface area contributed by atoms with Crippen molar-refractivity contribution >= 4 is 5.69 Å². The third-order valence-electron chi connectivity index (χ3n) is 2.59. The summed E-state index contributed by atoms with van der Waals surface area (Å²) >= 11 is 0. The molecule has 1 heterocycles. The van der Waals surface area contributed by atoms with Gasteiger partial charge in [0.25, 0.3) is 0 Å². The van der Waals surface area contributed by atoms with E-state index in [0.717, 1.165) is 6.20 Å². The second kappa shape index (κ2) is 6.85. The summed E-state index contributed by atoms with van der Waals surface area (Å²) < 4.78 is 13.1. The van der Waals surface area contributed by atoms with Crippen LogP contribution in [0.4, 0.5) is 10.1 Å². The fourth-order valence-corrected chi connectivity index (χ4v) is 1.53. The molecular weight excluding hydrogens is 221 g/mol. The van der Waals surface area contributed by atoms with Crippen LogP contribution >= 0.6 is 0 Å². The molecule has 0 aromatic carbocycles. The maximum Gasteiger partial charge on any atom is 0.127 e. The molecule has 0 saturated heterocycles. The zero-order valence-electron chi connectivity index (χ0n) is 9.81. The van der Waals surface area contributed by atoms with Crippen molar-refractivity contribution in [3.05, 3.63) is 36.6 Å². The van der Waals surface area contributed by atoms with E-state index < -0.39 is 12.1 Å². The maximum absolute atomic E-state index is 13.1. The number of aliphatic hydroxyl groups is 1. The number of pyridine rings is 1. The van der Waals surface area contributed by atoms with E-state index in [2.05, 4.69) is 10.3 Å². The Morgan fingerprint density at radius 2 is 2.47 bits per heavy atom. The van der Waals surface area contributed by atoms with Gasteiger partial charge in [0, 0.05) is 30.9 Å². The molecule has 5 heteroatoms. The zero-order valence-corrected chi connectivity index (χ0v) is 9.81. The summed E-state index contributed by atoms with van der Waals surface area (Å²) in [6, 6.07) is 3.55. The van der Waals surface area contributed by atoms with E-state index in [4.69, 9.17) is 5.73 Å². The third kappa shape index (κ3) is 4.40. The maximum atomic E-state index is 13.1. The van der Waals surface area contributed by atoms with Crippen LogP contribution in [0.3, 0.4) is 0 Å². The Balaban J connectivity index is 2.58. The van der Waals surface area contributed by atoms with Crippen LogP contribution < -0.4 is 11.1 Å². The molecule has 0 bridgehead atoms. The standard InChI is InChI=1S/C12H18FN3O/c1-2-9(6-10(13)7-14)12(17)16-11-4-3-5-15-8-11/h3-5,7-9,12,16-17H,2,6,14H2,1H3/b10-7+/t9-,12?/m1/s1. The molecule has 0 aliphatic carbocycles. The molecule has 0 aliphatic rings. The average molecular weight is 239 g/mol. The van der Waals surface area contributed by atoms with Gasteiger partial charge in [-0.25, -0.2) is 4.39 Å². The predicted octanol–water partition coefficient (Wildman–Crippen LogP) is 2.00. The lowest BCUT2D eigenvalue weighted by Gasteiger charge is -2.22. The fourth-order valence-electron chi connectivity index (χ4n) is 1.53. The van der Waals surface area contributed by atoms with E-state index in [0.29, 0.717) is 12.1 Å². The summed E-state index contributed by atoms with van der Waals surface area (Å²) in [5.74, 6) is -0.640. The first-order chi connectivity index (χ1) is 8.17. The molecule has 0 spiro atoms. The molecule has 4 nitrogen and oxygen atoms in total. The summed E-state index contributed by atoms with van der Waals surface area (Å²) in [5, 5.41) is 12.8. The summed E-state index contributed by atoms with van der Waals surface area (Å²) in [4.78, 5) is 3.92. The molecule has 0 amide bonds. The van der Waals surface area contributed by atoms with Gasteiger partial charge >= 0.3 is 0 Å². The number of allylic oxidation sites excluding steroid dienone is 1. The van der Waals surface area contributed by atoms with Crippen molar-refractivity contribution in [1.29, 1.82) is 0 Å². The minimum absolute atomic E-state index is 0.126. The van der Waals surface area contributed by atoms with Gasteiger partial charge in [-0.2, -0.15) is 0 Å². The molecule has 1 aromatic heterocycles. The lowest BCUT2D eigenvalue weighted by Crippen LogP contribution is -2.28. The number of aromatic nitrogens is 1. The summed E-state index contributed by atoms with van der Waals surface area (Å²) in [6.45, 7) is 1.89. The van der Waals surface area contributed by atoms with E-state index in [9.17, 15) is 9.50 Å². The minimum atomic E-state index is -0.824. The van der Waals surface area contributed by atoms with Crippen molar-refractivity contribution in [3.63, 3.8) is 0 Å². The van der Waals surface area contributed by atoms with Crippen molar-refractivity contribution in [2.24, 2.45) is 11.7 Å². The van der Waals surface area contributed by atoms with Gasteiger partial charge in [0.2, 0.25) is 0 Å². The molecule has 0 saturated carbocycles. The molecule has 0 aliphatic heterocycles. The first-order valence-electron chi connectivity index (χ1n) is 5.58. The van der Waals surface area contributed by atoms with Crippen LogP contribution in [0.1, 0.15) is 19.8 Å². The molecule has 0 radical (unpaired) electrons. The Kier molecular flexibility index (Phi) is 5.42. The predicted molar refractivity (Wildman–Crippen MR) is 65.6 cm³/mol. The van der Waals surface area contributed by atoms with Gasteiger partial charge in [0.1, 0.15) is 12.1 Å². The van der Waals surface area contributed by atoms with Crippen molar-refractivity contribution in [3.8, 4) is 0 Å². The van der Waals surface area contributed by atoms with E-state index in [1.165, 1.54) is 0 Å². The van der Waals surface area contributed by atoms with E-state index >= 15 is 0 Å². The highest BCUT2D eigenvalue weighted by atomic mass is 19.1. The minimum Gasteiger partial charge on any atom is -0.403 e. The number of nitrogens with two attached hydrogens (primary N) is 1. The van der Waals surface area contributed by atoms with Gasteiger partial charge in [0.05, 0.1) is 5.69 Å². The highest BCUT2D eigenvalue weighted by Crippen LogP contribution is 2.20. The Morgan fingerprint density at radius 1 is 1.71 bits per heavy atom. The number of anilines is 1. The highest BCUT2D eigenvalue weighted by molar-refractivity contribution is 5.40. The first-order valence-corrected chi connectivity index (χ1v) is 5.58. The number of nitrogens with one attached hydrogen (secondary N) is 1. The van der Waals surface area contributed by atoms with Gasteiger partial charge in [0.15, 0.2) is 0 Å². The monoisotopic (exact) mass is 239 g/mol. The van der Waals surface area contributed by atoms with E-state index in [1.807, 2.05) is 6.92 Å². The number of nitrogens with zero attached hydrogens (tertiary/aromatic N) is 1. The van der Waals surface area contributed by atoms with E-state index in [-0.39, 0.29) is 12.3 Å². The van der Waals surface area contributed by atoms with Crippen LogP contribution in [-0.4, -0.2) is 16.3 Å². The molecule has 94 valence electrons. The van der Waals surface area contributed by atoms with Crippen molar-refractivity contribution in [2.45, 2.75) is 26.0 Å². The molecule has 0 fully saturated rings.